The van der Waals surface area contributed by atoms with Gasteiger partial charge in [0.1, 0.15) is 23.9 Å². The predicted molar refractivity (Wildman–Crippen MR) is 64.1 cm³/mol. The zero-order chi connectivity index (χ0) is 12.3. The van der Waals surface area contributed by atoms with Crippen molar-refractivity contribution < 1.29 is 14.9 Å². The predicted octanol–water partition coefficient (Wildman–Crippen LogP) is 2.79. The molecule has 3 nitrogen and oxygen atoms in total. The topological polar surface area (TPSA) is 49.7 Å². The van der Waals surface area contributed by atoms with Crippen LogP contribution in [-0.2, 0) is 6.61 Å². The lowest BCUT2D eigenvalue weighted by Gasteiger charge is -2.10. The van der Waals surface area contributed by atoms with E-state index in [2.05, 4.69) is 6.07 Å². The zero-order valence-electron chi connectivity index (χ0n) is 9.47. The van der Waals surface area contributed by atoms with Gasteiger partial charge in [-0.05, 0) is 12.5 Å². The molecular formula is C14H13O3. The monoisotopic (exact) mass is 229 g/mol. The van der Waals surface area contributed by atoms with E-state index in [0.29, 0.717) is 17.9 Å². The number of benzene rings is 2. The minimum absolute atomic E-state index is 0.00399. The van der Waals surface area contributed by atoms with Crippen LogP contribution in [0.2, 0.25) is 0 Å². The highest BCUT2D eigenvalue weighted by Crippen LogP contribution is 2.31. The summed E-state index contributed by atoms with van der Waals surface area (Å²) in [6, 6.07) is 13.6. The van der Waals surface area contributed by atoms with E-state index >= 15 is 0 Å². The van der Waals surface area contributed by atoms with Gasteiger partial charge in [0.2, 0.25) is 0 Å². The average Bonchev–Trinajstić information content (AvgIpc) is 2.33. The van der Waals surface area contributed by atoms with Gasteiger partial charge in [0.25, 0.3) is 0 Å². The SMILES string of the molecule is Cc1c(OCc2ccccc2)[c]c(O)cc1O. The van der Waals surface area contributed by atoms with Crippen LogP contribution in [0.15, 0.2) is 36.4 Å². The maximum absolute atomic E-state index is 9.52. The molecule has 0 bridgehead atoms. The minimum atomic E-state index is -0.129. The number of ether oxygens (including phenoxy) is 1. The third-order valence-electron chi connectivity index (χ3n) is 2.47. The molecular weight excluding hydrogens is 216 g/mol. The van der Waals surface area contributed by atoms with E-state index in [-0.39, 0.29) is 11.5 Å². The Bertz CT molecular complexity index is 506. The molecule has 0 aliphatic heterocycles. The van der Waals surface area contributed by atoms with Crippen LogP contribution in [-0.4, -0.2) is 10.2 Å². The Morgan fingerprint density at radius 1 is 1.18 bits per heavy atom. The maximum atomic E-state index is 9.52. The fraction of sp³-hybridized carbons (Fsp3) is 0.143. The van der Waals surface area contributed by atoms with E-state index in [1.807, 2.05) is 30.3 Å². The molecule has 3 heteroatoms. The first kappa shape index (κ1) is 11.3. The van der Waals surface area contributed by atoms with Gasteiger partial charge in [0.05, 0.1) is 6.07 Å². The summed E-state index contributed by atoms with van der Waals surface area (Å²) in [5, 5.41) is 18.8. The molecule has 2 aromatic rings. The van der Waals surface area contributed by atoms with Crippen molar-refractivity contribution in [3.63, 3.8) is 0 Å². The summed E-state index contributed by atoms with van der Waals surface area (Å²) in [5.41, 5.74) is 1.59. The van der Waals surface area contributed by atoms with Crippen molar-refractivity contribution in [3.8, 4) is 17.2 Å². The lowest BCUT2D eigenvalue weighted by atomic mass is 10.2. The summed E-state index contributed by atoms with van der Waals surface area (Å²) in [5.74, 6) is 0.242. The van der Waals surface area contributed by atoms with Gasteiger partial charge in [-0.3, -0.25) is 0 Å². The van der Waals surface area contributed by atoms with Gasteiger partial charge < -0.3 is 14.9 Å². The molecule has 0 aliphatic carbocycles. The molecule has 1 radical (unpaired) electrons. The second-order valence-electron chi connectivity index (χ2n) is 3.77. The summed E-state index contributed by atoms with van der Waals surface area (Å²) >= 11 is 0. The number of phenols is 2. The molecule has 0 spiro atoms. The van der Waals surface area contributed by atoms with E-state index in [1.54, 1.807) is 6.92 Å². The lowest BCUT2D eigenvalue weighted by Crippen LogP contribution is -1.97. The first-order chi connectivity index (χ1) is 8.16. The van der Waals surface area contributed by atoms with Crippen molar-refractivity contribution in [1.82, 2.24) is 0 Å². The highest BCUT2D eigenvalue weighted by atomic mass is 16.5. The van der Waals surface area contributed by atoms with Crippen LogP contribution in [0, 0.1) is 13.0 Å². The van der Waals surface area contributed by atoms with E-state index in [1.165, 1.54) is 6.07 Å². The summed E-state index contributed by atoms with van der Waals surface area (Å²) < 4.78 is 5.51. The second-order valence-corrected chi connectivity index (χ2v) is 3.77. The molecule has 87 valence electrons. The third-order valence-corrected chi connectivity index (χ3v) is 2.47. The van der Waals surface area contributed by atoms with E-state index in [9.17, 15) is 10.2 Å². The average molecular weight is 229 g/mol. The van der Waals surface area contributed by atoms with Crippen LogP contribution in [0.3, 0.4) is 0 Å². The minimum Gasteiger partial charge on any atom is -0.507 e. The quantitative estimate of drug-likeness (QED) is 0.850. The smallest absolute Gasteiger partial charge is 0.138 e. The number of hydrogen-bond acceptors (Lipinski definition) is 3. The molecule has 0 saturated carbocycles. The number of aromatic hydroxyl groups is 2. The van der Waals surface area contributed by atoms with Gasteiger partial charge >= 0.3 is 0 Å². The van der Waals surface area contributed by atoms with Crippen molar-refractivity contribution in [3.05, 3.63) is 53.6 Å². The van der Waals surface area contributed by atoms with Crippen molar-refractivity contribution in [1.29, 1.82) is 0 Å². The second kappa shape index (κ2) is 4.78. The fourth-order valence-electron chi connectivity index (χ4n) is 1.47. The molecule has 0 atom stereocenters. The van der Waals surface area contributed by atoms with Crippen LogP contribution in [0.25, 0.3) is 0 Å². The number of phenolic OH excluding ortho intramolecular Hbond substituents is 2. The van der Waals surface area contributed by atoms with Gasteiger partial charge in [-0.2, -0.15) is 0 Å². The Morgan fingerprint density at radius 2 is 1.88 bits per heavy atom. The highest BCUT2D eigenvalue weighted by Gasteiger charge is 2.07. The van der Waals surface area contributed by atoms with Crippen molar-refractivity contribution in [2.45, 2.75) is 13.5 Å². The summed E-state index contributed by atoms with van der Waals surface area (Å²) in [6.45, 7) is 2.09. The van der Waals surface area contributed by atoms with E-state index in [0.717, 1.165) is 5.56 Å². The molecule has 2 N–H and O–H groups in total. The zero-order valence-corrected chi connectivity index (χ0v) is 9.47. The van der Waals surface area contributed by atoms with Gasteiger partial charge in [0.15, 0.2) is 0 Å². The maximum Gasteiger partial charge on any atom is 0.138 e. The van der Waals surface area contributed by atoms with Crippen LogP contribution in [0.5, 0.6) is 17.2 Å². The molecule has 2 rings (SSSR count). The first-order valence-electron chi connectivity index (χ1n) is 5.28. The Morgan fingerprint density at radius 3 is 2.59 bits per heavy atom. The van der Waals surface area contributed by atoms with Crippen LogP contribution in [0.1, 0.15) is 11.1 Å². The van der Waals surface area contributed by atoms with Gasteiger partial charge in [-0.25, -0.2) is 0 Å². The van der Waals surface area contributed by atoms with Crippen molar-refractivity contribution >= 4 is 0 Å². The third kappa shape index (κ3) is 2.69. The number of rotatable bonds is 3. The van der Waals surface area contributed by atoms with Crippen molar-refractivity contribution in [2.75, 3.05) is 0 Å². The fourth-order valence-corrected chi connectivity index (χ4v) is 1.47. The van der Waals surface area contributed by atoms with Crippen LogP contribution >= 0.6 is 0 Å². The summed E-state index contributed by atoms with van der Waals surface area (Å²) in [7, 11) is 0. The molecule has 2 aromatic carbocycles. The Hall–Kier alpha value is -2.16. The Kier molecular flexibility index (Phi) is 3.19. The first-order valence-corrected chi connectivity index (χ1v) is 5.28. The van der Waals surface area contributed by atoms with Crippen LogP contribution < -0.4 is 4.74 Å². The molecule has 0 fully saturated rings. The molecule has 0 amide bonds. The van der Waals surface area contributed by atoms with Crippen LogP contribution in [0.4, 0.5) is 0 Å². The molecule has 0 saturated heterocycles. The Balaban J connectivity index is 2.14. The molecule has 17 heavy (non-hydrogen) atoms. The van der Waals surface area contributed by atoms with Gasteiger partial charge in [-0.1, -0.05) is 30.3 Å². The van der Waals surface area contributed by atoms with E-state index < -0.39 is 0 Å². The highest BCUT2D eigenvalue weighted by molar-refractivity contribution is 5.47. The largest absolute Gasteiger partial charge is 0.507 e. The molecule has 0 unspecified atom stereocenters. The molecule has 0 aromatic heterocycles. The van der Waals surface area contributed by atoms with Crippen molar-refractivity contribution in [2.24, 2.45) is 0 Å². The molecule has 0 aliphatic rings. The Labute approximate surface area is 99.9 Å². The standard InChI is InChI=1S/C14H13O3/c1-10-13(16)7-12(15)8-14(10)17-9-11-5-3-2-4-6-11/h2-7,15-16H,9H2,1H3. The molecule has 0 heterocycles. The summed E-state index contributed by atoms with van der Waals surface area (Å²) in [6.07, 6.45) is 0. The summed E-state index contributed by atoms with van der Waals surface area (Å²) in [4.78, 5) is 0. The van der Waals surface area contributed by atoms with E-state index in [4.69, 9.17) is 4.74 Å². The van der Waals surface area contributed by atoms with Gasteiger partial charge in [-0.15, -0.1) is 0 Å². The van der Waals surface area contributed by atoms with Gasteiger partial charge in [0, 0.05) is 11.6 Å². The number of hydrogen-bond donors (Lipinski definition) is 2. The lowest BCUT2D eigenvalue weighted by molar-refractivity contribution is 0.298. The normalized spacial score (nSPS) is 10.2.